The number of rotatable bonds is 6. The number of carbonyl (C=O) groups is 1. The second-order valence-electron chi connectivity index (χ2n) is 4.09. The molecule has 7 heteroatoms. The molecule has 0 saturated carbocycles. The van der Waals surface area contributed by atoms with Crippen molar-refractivity contribution in [1.82, 2.24) is 10.6 Å². The van der Waals surface area contributed by atoms with Crippen molar-refractivity contribution in [2.45, 2.75) is 13.5 Å². The summed E-state index contributed by atoms with van der Waals surface area (Å²) >= 11 is 0. The van der Waals surface area contributed by atoms with E-state index >= 15 is 0 Å². The molecule has 0 atom stereocenters. The molecule has 0 spiro atoms. The zero-order valence-electron chi connectivity index (χ0n) is 10.8. The Morgan fingerprint density at radius 3 is 2.68 bits per heavy atom. The van der Waals surface area contributed by atoms with E-state index in [0.29, 0.717) is 25.2 Å². The van der Waals surface area contributed by atoms with Gasteiger partial charge in [0.2, 0.25) is 0 Å². The quantitative estimate of drug-likeness (QED) is 0.161. The molecule has 2 amide bonds. The summed E-state index contributed by atoms with van der Waals surface area (Å²) in [6.45, 7) is 3.73. The minimum Gasteiger partial charge on any atom is -0.409 e. The Balaban J connectivity index is 2.49. The molecule has 0 heterocycles. The number of nitrogens with two attached hydrogens (primary N) is 2. The number of aryl methyl sites for hydroxylation is 1. The first-order chi connectivity index (χ1) is 9.04. The molecule has 1 aromatic rings. The summed E-state index contributed by atoms with van der Waals surface area (Å²) in [6.07, 6.45) is 0. The zero-order chi connectivity index (χ0) is 14.3. The van der Waals surface area contributed by atoms with Crippen LogP contribution in [0.3, 0.4) is 0 Å². The molecule has 0 aliphatic heterocycles. The molecule has 0 saturated heterocycles. The first kappa shape index (κ1) is 14.8. The van der Waals surface area contributed by atoms with Crippen LogP contribution in [0.1, 0.15) is 16.7 Å². The third-order valence-electron chi connectivity index (χ3n) is 2.66. The van der Waals surface area contributed by atoms with Crippen molar-refractivity contribution in [3.8, 4) is 0 Å². The van der Waals surface area contributed by atoms with Gasteiger partial charge in [0.05, 0.1) is 0 Å². The van der Waals surface area contributed by atoms with Gasteiger partial charge < -0.3 is 27.3 Å². The van der Waals surface area contributed by atoms with E-state index in [0.717, 1.165) is 11.1 Å². The summed E-state index contributed by atoms with van der Waals surface area (Å²) in [5.41, 5.74) is 13.3. The lowest BCUT2D eigenvalue weighted by Crippen LogP contribution is -2.35. The van der Waals surface area contributed by atoms with Gasteiger partial charge in [0.25, 0.3) is 0 Å². The number of nitrogens with zero attached hydrogens (tertiary/aromatic N) is 1. The first-order valence-corrected chi connectivity index (χ1v) is 5.86. The van der Waals surface area contributed by atoms with Crippen molar-refractivity contribution in [2.75, 3.05) is 13.1 Å². The Bertz CT molecular complexity index is 473. The number of amides is 2. The van der Waals surface area contributed by atoms with Crippen LogP contribution in [0.2, 0.25) is 0 Å². The smallest absolute Gasteiger partial charge is 0.312 e. The van der Waals surface area contributed by atoms with Gasteiger partial charge in [-0.3, -0.25) is 0 Å². The maximum atomic E-state index is 10.5. The van der Waals surface area contributed by atoms with Crippen LogP contribution in [0.15, 0.2) is 23.4 Å². The van der Waals surface area contributed by atoms with Crippen LogP contribution >= 0.6 is 0 Å². The van der Waals surface area contributed by atoms with Gasteiger partial charge in [-0.25, -0.2) is 4.79 Å². The van der Waals surface area contributed by atoms with Crippen LogP contribution in [0.5, 0.6) is 0 Å². The van der Waals surface area contributed by atoms with E-state index in [9.17, 15) is 4.79 Å². The summed E-state index contributed by atoms with van der Waals surface area (Å²) in [7, 11) is 0. The number of hydrogen-bond donors (Lipinski definition) is 5. The number of benzene rings is 1. The van der Waals surface area contributed by atoms with E-state index in [-0.39, 0.29) is 5.84 Å². The van der Waals surface area contributed by atoms with Crippen LogP contribution in [0.25, 0.3) is 0 Å². The van der Waals surface area contributed by atoms with E-state index in [1.807, 2.05) is 19.1 Å². The number of nitrogens with one attached hydrogen (secondary N) is 2. The predicted octanol–water partition coefficient (Wildman–Crippen LogP) is -0.153. The fraction of sp³-hybridized carbons (Fsp3) is 0.333. The van der Waals surface area contributed by atoms with E-state index in [4.69, 9.17) is 16.7 Å². The van der Waals surface area contributed by atoms with Crippen molar-refractivity contribution in [1.29, 1.82) is 0 Å². The van der Waals surface area contributed by atoms with Gasteiger partial charge in [-0.1, -0.05) is 17.3 Å². The molecule has 0 aromatic heterocycles. The minimum atomic E-state index is -0.527. The van der Waals surface area contributed by atoms with Crippen molar-refractivity contribution >= 4 is 11.9 Å². The van der Waals surface area contributed by atoms with Crippen LogP contribution in [-0.4, -0.2) is 30.2 Å². The topological polar surface area (TPSA) is 126 Å². The highest BCUT2D eigenvalue weighted by molar-refractivity contribution is 5.97. The van der Waals surface area contributed by atoms with E-state index in [1.165, 1.54) is 0 Å². The second-order valence-corrected chi connectivity index (χ2v) is 4.09. The molecule has 1 rings (SSSR count). The molecule has 7 nitrogen and oxygen atoms in total. The van der Waals surface area contributed by atoms with Gasteiger partial charge in [0.15, 0.2) is 5.84 Å². The van der Waals surface area contributed by atoms with Crippen LogP contribution in [-0.2, 0) is 6.54 Å². The molecule has 0 unspecified atom stereocenters. The second kappa shape index (κ2) is 7.22. The van der Waals surface area contributed by atoms with Crippen LogP contribution < -0.4 is 22.1 Å². The van der Waals surface area contributed by atoms with Gasteiger partial charge in [0.1, 0.15) is 0 Å². The van der Waals surface area contributed by atoms with Gasteiger partial charge >= 0.3 is 6.03 Å². The van der Waals surface area contributed by atoms with Gasteiger partial charge in [-0.05, 0) is 24.1 Å². The highest BCUT2D eigenvalue weighted by Crippen LogP contribution is 2.10. The Kier molecular flexibility index (Phi) is 5.62. The Labute approximate surface area is 111 Å². The molecule has 0 bridgehead atoms. The van der Waals surface area contributed by atoms with Crippen molar-refractivity contribution in [3.05, 3.63) is 34.9 Å². The minimum absolute atomic E-state index is 0.0910. The summed E-state index contributed by atoms with van der Waals surface area (Å²) in [5, 5.41) is 17.2. The Morgan fingerprint density at radius 1 is 1.37 bits per heavy atom. The lowest BCUT2D eigenvalue weighted by Gasteiger charge is -2.09. The molecule has 19 heavy (non-hydrogen) atoms. The number of hydrogen-bond acceptors (Lipinski definition) is 4. The van der Waals surface area contributed by atoms with Crippen molar-refractivity contribution in [3.63, 3.8) is 0 Å². The monoisotopic (exact) mass is 265 g/mol. The summed E-state index contributed by atoms with van der Waals surface area (Å²) in [6, 6.07) is 5.03. The molecule has 0 aliphatic carbocycles. The van der Waals surface area contributed by atoms with Crippen LogP contribution in [0.4, 0.5) is 4.79 Å². The fourth-order valence-electron chi connectivity index (χ4n) is 1.61. The third-order valence-corrected chi connectivity index (χ3v) is 2.66. The average Bonchev–Trinajstić information content (AvgIpc) is 2.38. The van der Waals surface area contributed by atoms with Gasteiger partial charge in [0, 0.05) is 25.2 Å². The maximum absolute atomic E-state index is 10.5. The molecule has 1 aromatic carbocycles. The number of primary amides is 1. The molecule has 0 radical (unpaired) electrons. The average molecular weight is 265 g/mol. The molecular formula is C12H19N5O2. The lowest BCUT2D eigenvalue weighted by atomic mass is 10.0. The first-order valence-electron chi connectivity index (χ1n) is 5.86. The number of carbonyl (C=O) groups excluding carboxylic acids is 1. The predicted molar refractivity (Wildman–Crippen MR) is 73.0 cm³/mol. The number of urea groups is 1. The summed E-state index contributed by atoms with van der Waals surface area (Å²) in [5.74, 6) is 0.0910. The highest BCUT2D eigenvalue weighted by Gasteiger charge is 2.03. The highest BCUT2D eigenvalue weighted by atomic mass is 16.4. The fourth-order valence-corrected chi connectivity index (χ4v) is 1.61. The zero-order valence-corrected chi connectivity index (χ0v) is 10.8. The van der Waals surface area contributed by atoms with Crippen LogP contribution in [0, 0.1) is 6.92 Å². The van der Waals surface area contributed by atoms with Crippen molar-refractivity contribution < 1.29 is 10.0 Å². The molecule has 0 fully saturated rings. The maximum Gasteiger partial charge on any atom is 0.312 e. The largest absolute Gasteiger partial charge is 0.409 e. The van der Waals surface area contributed by atoms with Crippen molar-refractivity contribution in [2.24, 2.45) is 16.6 Å². The number of amidine groups is 1. The van der Waals surface area contributed by atoms with E-state index < -0.39 is 6.03 Å². The Morgan fingerprint density at radius 2 is 2.11 bits per heavy atom. The van der Waals surface area contributed by atoms with Gasteiger partial charge in [-0.15, -0.1) is 0 Å². The molecule has 104 valence electrons. The third kappa shape index (κ3) is 4.84. The normalized spacial score (nSPS) is 11.3. The SMILES string of the molecule is Cc1cc(/C(N)=N/O)ccc1CNCCNC(N)=O. The molecular weight excluding hydrogens is 246 g/mol. The summed E-state index contributed by atoms with van der Waals surface area (Å²) in [4.78, 5) is 10.5. The van der Waals surface area contributed by atoms with E-state index in [2.05, 4.69) is 15.8 Å². The molecule has 7 N–H and O–H groups in total. The van der Waals surface area contributed by atoms with Gasteiger partial charge in [-0.2, -0.15) is 0 Å². The Hall–Kier alpha value is -2.28. The molecule has 0 aliphatic rings. The standard InChI is InChI=1S/C12H19N5O2/c1-8-6-9(11(13)17-19)2-3-10(8)7-15-4-5-16-12(14)18/h2-3,6,15,19H,4-5,7H2,1H3,(H2,13,17)(H3,14,16,18). The summed E-state index contributed by atoms with van der Waals surface area (Å²) < 4.78 is 0. The lowest BCUT2D eigenvalue weighted by molar-refractivity contribution is 0.249. The number of oxime groups is 1. The van der Waals surface area contributed by atoms with E-state index in [1.54, 1.807) is 6.07 Å².